The van der Waals surface area contributed by atoms with E-state index in [4.69, 9.17) is 15.2 Å². The third kappa shape index (κ3) is 3.28. The second-order valence-corrected chi connectivity index (χ2v) is 5.91. The van der Waals surface area contributed by atoms with E-state index in [2.05, 4.69) is 0 Å². The summed E-state index contributed by atoms with van der Waals surface area (Å²) in [5, 5.41) is 0. The molecule has 0 saturated carbocycles. The first-order valence-corrected chi connectivity index (χ1v) is 8.45. The molecule has 5 nitrogen and oxygen atoms in total. The lowest BCUT2D eigenvalue weighted by Gasteiger charge is -2.13. The van der Waals surface area contributed by atoms with Gasteiger partial charge in [-0.3, -0.25) is 0 Å². The van der Waals surface area contributed by atoms with Gasteiger partial charge in [0.15, 0.2) is 0 Å². The zero-order valence-electron chi connectivity index (χ0n) is 15.2. The topological polar surface area (TPSA) is 66.5 Å². The SMILES string of the molecule is CCOC(=O)c1cc(-c2cccc(N)c2)n(-c2cccc(OC)c2)c1C. The summed E-state index contributed by atoms with van der Waals surface area (Å²) < 4.78 is 12.6. The highest BCUT2D eigenvalue weighted by molar-refractivity contribution is 5.93. The van der Waals surface area contributed by atoms with E-state index < -0.39 is 0 Å². The maximum atomic E-state index is 12.4. The summed E-state index contributed by atoms with van der Waals surface area (Å²) in [7, 11) is 1.63. The van der Waals surface area contributed by atoms with Crippen LogP contribution in [0.1, 0.15) is 23.0 Å². The third-order valence-corrected chi connectivity index (χ3v) is 4.24. The predicted octanol–water partition coefficient (Wildman–Crippen LogP) is 4.22. The molecule has 0 bridgehead atoms. The van der Waals surface area contributed by atoms with Crippen LogP contribution in [0, 0.1) is 6.92 Å². The van der Waals surface area contributed by atoms with Gasteiger partial charge in [0, 0.05) is 28.7 Å². The zero-order chi connectivity index (χ0) is 18.7. The van der Waals surface area contributed by atoms with Gasteiger partial charge in [0.05, 0.1) is 25.0 Å². The van der Waals surface area contributed by atoms with Crippen LogP contribution in [0.3, 0.4) is 0 Å². The smallest absolute Gasteiger partial charge is 0.339 e. The Bertz CT molecular complexity index is 944. The molecule has 134 valence electrons. The molecular weight excluding hydrogens is 328 g/mol. The molecule has 0 unspecified atom stereocenters. The van der Waals surface area contributed by atoms with Crippen molar-refractivity contribution < 1.29 is 14.3 Å². The maximum absolute atomic E-state index is 12.4. The first-order valence-electron chi connectivity index (χ1n) is 8.45. The van der Waals surface area contributed by atoms with Gasteiger partial charge in [-0.25, -0.2) is 4.79 Å². The predicted molar refractivity (Wildman–Crippen MR) is 103 cm³/mol. The number of aromatic nitrogens is 1. The van der Waals surface area contributed by atoms with Crippen molar-refractivity contribution in [2.24, 2.45) is 0 Å². The third-order valence-electron chi connectivity index (χ3n) is 4.24. The van der Waals surface area contributed by atoms with Crippen LogP contribution in [-0.2, 0) is 4.74 Å². The first kappa shape index (κ1) is 17.6. The van der Waals surface area contributed by atoms with Gasteiger partial charge in [0.2, 0.25) is 0 Å². The number of nitrogen functional groups attached to an aromatic ring is 1. The van der Waals surface area contributed by atoms with Crippen molar-refractivity contribution in [3.8, 4) is 22.7 Å². The summed E-state index contributed by atoms with van der Waals surface area (Å²) in [6, 6.07) is 17.1. The van der Waals surface area contributed by atoms with Gasteiger partial charge in [-0.05, 0) is 44.2 Å². The number of esters is 1. The molecule has 1 heterocycles. The largest absolute Gasteiger partial charge is 0.497 e. The highest BCUT2D eigenvalue weighted by atomic mass is 16.5. The Morgan fingerprint density at radius 1 is 1.12 bits per heavy atom. The lowest BCUT2D eigenvalue weighted by atomic mass is 10.1. The normalized spacial score (nSPS) is 10.6. The van der Waals surface area contributed by atoms with Crippen molar-refractivity contribution in [2.45, 2.75) is 13.8 Å². The summed E-state index contributed by atoms with van der Waals surface area (Å²) in [5.74, 6) is 0.406. The van der Waals surface area contributed by atoms with Crippen molar-refractivity contribution in [3.05, 3.63) is 65.9 Å². The number of carbonyl (C=O) groups is 1. The number of nitrogens with zero attached hydrogens (tertiary/aromatic N) is 1. The second-order valence-electron chi connectivity index (χ2n) is 5.91. The van der Waals surface area contributed by atoms with E-state index in [1.807, 2.05) is 66.1 Å². The molecule has 2 N–H and O–H groups in total. The van der Waals surface area contributed by atoms with E-state index in [9.17, 15) is 4.79 Å². The number of methoxy groups -OCH3 is 1. The van der Waals surface area contributed by atoms with Crippen LogP contribution in [-0.4, -0.2) is 24.3 Å². The van der Waals surface area contributed by atoms with Crippen LogP contribution in [0.4, 0.5) is 5.69 Å². The number of benzene rings is 2. The Morgan fingerprint density at radius 3 is 2.58 bits per heavy atom. The molecule has 0 saturated heterocycles. The highest BCUT2D eigenvalue weighted by Gasteiger charge is 2.20. The van der Waals surface area contributed by atoms with Crippen LogP contribution < -0.4 is 10.5 Å². The van der Waals surface area contributed by atoms with E-state index in [0.29, 0.717) is 17.9 Å². The van der Waals surface area contributed by atoms with Gasteiger partial charge in [0.25, 0.3) is 0 Å². The van der Waals surface area contributed by atoms with Gasteiger partial charge >= 0.3 is 5.97 Å². The van der Waals surface area contributed by atoms with Gasteiger partial charge < -0.3 is 19.8 Å². The first-order chi connectivity index (χ1) is 12.5. The molecule has 0 aliphatic rings. The fraction of sp³-hybridized carbons (Fsp3) is 0.190. The number of anilines is 1. The fourth-order valence-electron chi connectivity index (χ4n) is 3.02. The Kier molecular flexibility index (Phi) is 4.98. The number of carbonyl (C=O) groups excluding carboxylic acids is 1. The summed E-state index contributed by atoms with van der Waals surface area (Å²) >= 11 is 0. The standard InChI is InChI=1S/C21H22N2O3/c1-4-26-21(24)19-13-20(15-7-5-8-16(22)11-15)23(14(19)2)17-9-6-10-18(12-17)25-3/h5-13H,4,22H2,1-3H3. The molecule has 0 aliphatic carbocycles. The zero-order valence-corrected chi connectivity index (χ0v) is 15.2. The van der Waals surface area contributed by atoms with Gasteiger partial charge in [-0.15, -0.1) is 0 Å². The Labute approximate surface area is 153 Å². The lowest BCUT2D eigenvalue weighted by Crippen LogP contribution is -2.07. The average Bonchev–Trinajstić information content (AvgIpc) is 2.99. The number of hydrogen-bond acceptors (Lipinski definition) is 4. The van der Waals surface area contributed by atoms with E-state index in [1.165, 1.54) is 0 Å². The molecule has 0 atom stereocenters. The van der Waals surface area contributed by atoms with Crippen LogP contribution >= 0.6 is 0 Å². The van der Waals surface area contributed by atoms with Crippen molar-refractivity contribution in [2.75, 3.05) is 19.5 Å². The van der Waals surface area contributed by atoms with E-state index in [0.717, 1.165) is 28.4 Å². The van der Waals surface area contributed by atoms with Crippen molar-refractivity contribution in [3.63, 3.8) is 0 Å². The highest BCUT2D eigenvalue weighted by Crippen LogP contribution is 2.32. The van der Waals surface area contributed by atoms with E-state index in [1.54, 1.807) is 14.0 Å². The molecule has 3 aromatic rings. The summed E-state index contributed by atoms with van der Waals surface area (Å²) in [6.45, 7) is 4.03. The fourth-order valence-corrected chi connectivity index (χ4v) is 3.02. The molecular formula is C21H22N2O3. The van der Waals surface area contributed by atoms with Crippen molar-refractivity contribution in [1.29, 1.82) is 0 Å². The molecule has 26 heavy (non-hydrogen) atoms. The Hall–Kier alpha value is -3.21. The molecule has 0 amide bonds. The average molecular weight is 350 g/mol. The molecule has 2 aromatic carbocycles. The molecule has 0 aliphatic heterocycles. The maximum Gasteiger partial charge on any atom is 0.339 e. The van der Waals surface area contributed by atoms with Gasteiger partial charge in [-0.2, -0.15) is 0 Å². The Balaban J connectivity index is 2.24. The summed E-state index contributed by atoms with van der Waals surface area (Å²) in [4.78, 5) is 12.4. The molecule has 5 heteroatoms. The monoisotopic (exact) mass is 350 g/mol. The minimum Gasteiger partial charge on any atom is -0.497 e. The summed E-state index contributed by atoms with van der Waals surface area (Å²) in [5.41, 5.74) is 10.6. The number of nitrogens with two attached hydrogens (primary N) is 1. The molecule has 0 radical (unpaired) electrons. The van der Waals surface area contributed by atoms with Crippen LogP contribution in [0.25, 0.3) is 16.9 Å². The minimum absolute atomic E-state index is 0.330. The van der Waals surface area contributed by atoms with Crippen LogP contribution in [0.5, 0.6) is 5.75 Å². The van der Waals surface area contributed by atoms with Crippen LogP contribution in [0.2, 0.25) is 0 Å². The number of ether oxygens (including phenoxy) is 2. The second kappa shape index (κ2) is 7.35. The molecule has 3 rings (SSSR count). The van der Waals surface area contributed by atoms with Crippen LogP contribution in [0.15, 0.2) is 54.6 Å². The number of hydrogen-bond donors (Lipinski definition) is 1. The minimum atomic E-state index is -0.336. The van der Waals surface area contributed by atoms with Crippen molar-refractivity contribution in [1.82, 2.24) is 4.57 Å². The quantitative estimate of drug-likeness (QED) is 0.553. The van der Waals surface area contributed by atoms with E-state index in [-0.39, 0.29) is 5.97 Å². The molecule has 0 fully saturated rings. The molecule has 0 spiro atoms. The Morgan fingerprint density at radius 2 is 1.88 bits per heavy atom. The van der Waals surface area contributed by atoms with Crippen molar-refractivity contribution >= 4 is 11.7 Å². The molecule has 1 aromatic heterocycles. The van der Waals surface area contributed by atoms with Gasteiger partial charge in [0.1, 0.15) is 5.75 Å². The summed E-state index contributed by atoms with van der Waals surface area (Å²) in [6.07, 6.45) is 0. The lowest BCUT2D eigenvalue weighted by molar-refractivity contribution is 0.0525. The van der Waals surface area contributed by atoms with Gasteiger partial charge in [-0.1, -0.05) is 18.2 Å². The van der Waals surface area contributed by atoms with E-state index >= 15 is 0 Å². The number of rotatable bonds is 5.